The molecule has 1 aromatic carbocycles. The molecule has 0 aliphatic heterocycles. The zero-order valence-electron chi connectivity index (χ0n) is 9.11. The highest BCUT2D eigenvalue weighted by atomic mass is 79.9. The highest BCUT2D eigenvalue weighted by molar-refractivity contribution is 9.11. The molecule has 0 saturated carbocycles. The molecule has 16 heavy (non-hydrogen) atoms. The first-order valence-electron chi connectivity index (χ1n) is 5.26. The number of allylic oxidation sites excluding steroid dienone is 4. The van der Waals surface area contributed by atoms with Gasteiger partial charge in [0.05, 0.1) is 5.41 Å². The first kappa shape index (κ1) is 11.3. The van der Waals surface area contributed by atoms with E-state index in [0.717, 1.165) is 16.5 Å². The van der Waals surface area contributed by atoms with E-state index < -0.39 is 5.41 Å². The van der Waals surface area contributed by atoms with Gasteiger partial charge in [0, 0.05) is 10.0 Å². The van der Waals surface area contributed by atoms with Crippen LogP contribution in [0, 0.1) is 5.41 Å². The zero-order valence-corrected chi connectivity index (χ0v) is 10.7. The van der Waals surface area contributed by atoms with Gasteiger partial charge in [0.25, 0.3) is 0 Å². The lowest BCUT2D eigenvalue weighted by molar-refractivity contribution is 0.0870. The van der Waals surface area contributed by atoms with Gasteiger partial charge in [-0.05, 0) is 13.3 Å². The summed E-state index contributed by atoms with van der Waals surface area (Å²) in [5, 5.41) is 0. The number of rotatable bonds is 2. The van der Waals surface area contributed by atoms with Gasteiger partial charge < -0.3 is 0 Å². The van der Waals surface area contributed by atoms with Gasteiger partial charge in [0.15, 0.2) is 5.78 Å². The van der Waals surface area contributed by atoms with E-state index in [-0.39, 0.29) is 5.78 Å². The Kier molecular flexibility index (Phi) is 3.10. The minimum atomic E-state index is -0.404. The number of carbonyl (C=O) groups is 1. The van der Waals surface area contributed by atoms with Crippen LogP contribution in [0.1, 0.15) is 23.7 Å². The maximum Gasteiger partial charge on any atom is 0.172 e. The fourth-order valence-electron chi connectivity index (χ4n) is 1.80. The van der Waals surface area contributed by atoms with E-state index in [0.29, 0.717) is 0 Å². The standard InChI is InChI=1S/C14H13BrO/c1-14(9-7-12(15)8-10-14)13(16)11-5-3-2-4-6-11/h2-9H,10H2,1H3. The van der Waals surface area contributed by atoms with Crippen LogP contribution in [0.2, 0.25) is 0 Å². The highest BCUT2D eigenvalue weighted by Crippen LogP contribution is 2.34. The van der Waals surface area contributed by atoms with Crippen LogP contribution in [0.4, 0.5) is 0 Å². The fraction of sp³-hybridized carbons (Fsp3) is 0.214. The summed E-state index contributed by atoms with van der Waals surface area (Å²) in [5.41, 5.74) is 0.375. The molecule has 82 valence electrons. The van der Waals surface area contributed by atoms with E-state index in [1.165, 1.54) is 0 Å². The van der Waals surface area contributed by atoms with E-state index in [4.69, 9.17) is 0 Å². The van der Waals surface area contributed by atoms with E-state index in [9.17, 15) is 4.79 Å². The van der Waals surface area contributed by atoms with Crippen molar-refractivity contribution >= 4 is 21.7 Å². The molecule has 1 aliphatic carbocycles. The third-order valence-corrected chi connectivity index (χ3v) is 3.47. The van der Waals surface area contributed by atoms with E-state index in [2.05, 4.69) is 15.9 Å². The van der Waals surface area contributed by atoms with Crippen molar-refractivity contribution < 1.29 is 4.79 Å². The number of Topliss-reactive ketones (excluding diaryl/α,β-unsaturated/α-hetero) is 1. The minimum Gasteiger partial charge on any atom is -0.293 e. The Hall–Kier alpha value is -1.15. The van der Waals surface area contributed by atoms with Gasteiger partial charge in [0.2, 0.25) is 0 Å². The summed E-state index contributed by atoms with van der Waals surface area (Å²) in [6.07, 6.45) is 6.72. The van der Waals surface area contributed by atoms with Crippen LogP contribution in [0.25, 0.3) is 0 Å². The molecule has 0 N–H and O–H groups in total. The van der Waals surface area contributed by atoms with Gasteiger partial charge in [-0.25, -0.2) is 0 Å². The second kappa shape index (κ2) is 4.38. The molecule has 1 aliphatic rings. The SMILES string of the molecule is CC1(C(=O)c2ccccc2)C=CC(Br)=CC1. The zero-order chi connectivity index (χ0) is 11.6. The van der Waals surface area contributed by atoms with Crippen molar-refractivity contribution in [3.63, 3.8) is 0 Å². The fourth-order valence-corrected chi connectivity index (χ4v) is 2.09. The molecular weight excluding hydrogens is 264 g/mol. The third-order valence-electron chi connectivity index (χ3n) is 2.89. The van der Waals surface area contributed by atoms with Gasteiger partial charge in [-0.15, -0.1) is 0 Å². The first-order valence-corrected chi connectivity index (χ1v) is 6.06. The van der Waals surface area contributed by atoms with Crippen LogP contribution < -0.4 is 0 Å². The number of hydrogen-bond acceptors (Lipinski definition) is 1. The Bertz CT molecular complexity index is 459. The maximum atomic E-state index is 12.3. The summed E-state index contributed by atoms with van der Waals surface area (Å²) in [5.74, 6) is 0.181. The lowest BCUT2D eigenvalue weighted by Crippen LogP contribution is -2.26. The molecule has 0 bridgehead atoms. The Morgan fingerprint density at radius 3 is 2.56 bits per heavy atom. The van der Waals surface area contributed by atoms with E-state index in [1.54, 1.807) is 0 Å². The number of benzene rings is 1. The number of carbonyl (C=O) groups excluding carboxylic acids is 1. The second-order valence-electron chi connectivity index (χ2n) is 4.24. The van der Waals surface area contributed by atoms with Crippen molar-refractivity contribution in [2.75, 3.05) is 0 Å². The number of halogens is 1. The first-order chi connectivity index (χ1) is 7.62. The molecule has 1 nitrogen and oxygen atoms in total. The van der Waals surface area contributed by atoms with Gasteiger partial charge in [-0.2, -0.15) is 0 Å². The summed E-state index contributed by atoms with van der Waals surface area (Å²) in [4.78, 5) is 12.3. The van der Waals surface area contributed by atoms with Crippen molar-refractivity contribution in [2.45, 2.75) is 13.3 Å². The third kappa shape index (κ3) is 2.17. The molecule has 0 heterocycles. The molecule has 0 spiro atoms. The number of hydrogen-bond donors (Lipinski definition) is 0. The molecule has 1 aromatic rings. The molecule has 0 aromatic heterocycles. The molecule has 1 unspecified atom stereocenters. The molecule has 2 heteroatoms. The topological polar surface area (TPSA) is 17.1 Å². The molecule has 0 amide bonds. The molecule has 2 rings (SSSR count). The van der Waals surface area contributed by atoms with Gasteiger partial charge in [0.1, 0.15) is 0 Å². The smallest absolute Gasteiger partial charge is 0.172 e. The monoisotopic (exact) mass is 276 g/mol. The van der Waals surface area contributed by atoms with Crippen LogP contribution in [-0.2, 0) is 0 Å². The molecule has 1 atom stereocenters. The number of ketones is 1. The Morgan fingerprint density at radius 1 is 1.31 bits per heavy atom. The largest absolute Gasteiger partial charge is 0.293 e. The summed E-state index contributed by atoms with van der Waals surface area (Å²) in [6, 6.07) is 9.46. The molecular formula is C14H13BrO. The molecule has 0 fully saturated rings. The van der Waals surface area contributed by atoms with Gasteiger partial charge in [-0.1, -0.05) is 64.5 Å². The second-order valence-corrected chi connectivity index (χ2v) is 5.15. The lowest BCUT2D eigenvalue weighted by atomic mass is 9.77. The van der Waals surface area contributed by atoms with Crippen LogP contribution >= 0.6 is 15.9 Å². The summed E-state index contributed by atoms with van der Waals surface area (Å²) in [6.45, 7) is 1.98. The maximum absolute atomic E-state index is 12.3. The summed E-state index contributed by atoms with van der Waals surface area (Å²) in [7, 11) is 0. The highest BCUT2D eigenvalue weighted by Gasteiger charge is 2.31. The normalized spacial score (nSPS) is 24.0. The Morgan fingerprint density at radius 2 is 2.00 bits per heavy atom. The van der Waals surface area contributed by atoms with Crippen molar-refractivity contribution in [1.82, 2.24) is 0 Å². The van der Waals surface area contributed by atoms with Gasteiger partial charge in [-0.3, -0.25) is 4.79 Å². The predicted octanol–water partition coefficient (Wildman–Crippen LogP) is 4.11. The van der Waals surface area contributed by atoms with Crippen molar-refractivity contribution in [1.29, 1.82) is 0 Å². The van der Waals surface area contributed by atoms with Crippen molar-refractivity contribution in [2.24, 2.45) is 5.41 Å². The average molecular weight is 277 g/mol. The van der Waals surface area contributed by atoms with E-state index >= 15 is 0 Å². The quantitative estimate of drug-likeness (QED) is 0.743. The summed E-state index contributed by atoms with van der Waals surface area (Å²) >= 11 is 3.41. The van der Waals surface area contributed by atoms with Crippen molar-refractivity contribution in [3.8, 4) is 0 Å². The van der Waals surface area contributed by atoms with Crippen LogP contribution in [0.3, 0.4) is 0 Å². The Balaban J connectivity index is 2.27. The molecule has 0 radical (unpaired) electrons. The van der Waals surface area contributed by atoms with Crippen molar-refractivity contribution in [3.05, 3.63) is 58.6 Å². The van der Waals surface area contributed by atoms with Crippen LogP contribution in [0.15, 0.2) is 53.0 Å². The van der Waals surface area contributed by atoms with Gasteiger partial charge >= 0.3 is 0 Å². The minimum absolute atomic E-state index is 0.181. The van der Waals surface area contributed by atoms with E-state index in [1.807, 2.05) is 55.5 Å². The average Bonchev–Trinajstić information content (AvgIpc) is 2.33. The predicted molar refractivity (Wildman–Crippen MR) is 69.6 cm³/mol. The van der Waals surface area contributed by atoms with Crippen LogP contribution in [-0.4, -0.2) is 5.78 Å². The van der Waals surface area contributed by atoms with Crippen LogP contribution in [0.5, 0.6) is 0 Å². The molecule has 0 saturated heterocycles. The Labute approximate surface area is 104 Å². The lowest BCUT2D eigenvalue weighted by Gasteiger charge is -2.25. The summed E-state index contributed by atoms with van der Waals surface area (Å²) < 4.78 is 1.05.